The Morgan fingerprint density at radius 1 is 1.05 bits per heavy atom. The largest absolute Gasteiger partial charge is 0.307 e. The van der Waals surface area contributed by atoms with Crippen LogP contribution in [-0.2, 0) is 0 Å². The van der Waals surface area contributed by atoms with E-state index in [2.05, 4.69) is 50.4 Å². The maximum absolute atomic E-state index is 3.82. The zero-order chi connectivity index (χ0) is 13.7. The van der Waals surface area contributed by atoms with Crippen LogP contribution in [0.5, 0.6) is 0 Å². The first-order valence-corrected chi connectivity index (χ1v) is 7.99. The predicted molar refractivity (Wildman–Crippen MR) is 83.4 cm³/mol. The highest BCUT2D eigenvalue weighted by atomic mass is 14.9. The molecule has 1 nitrogen and oxygen atoms in total. The van der Waals surface area contributed by atoms with Gasteiger partial charge in [-0.25, -0.2) is 0 Å². The van der Waals surface area contributed by atoms with E-state index >= 15 is 0 Å². The van der Waals surface area contributed by atoms with Crippen LogP contribution in [0.3, 0.4) is 0 Å². The van der Waals surface area contributed by atoms with Crippen molar-refractivity contribution in [3.8, 4) is 0 Å². The monoisotopic (exact) mass is 259 g/mol. The summed E-state index contributed by atoms with van der Waals surface area (Å²) in [5.41, 5.74) is 2.77. The van der Waals surface area contributed by atoms with Crippen LogP contribution in [0.25, 0.3) is 0 Å². The highest BCUT2D eigenvalue weighted by molar-refractivity contribution is 5.24. The summed E-state index contributed by atoms with van der Waals surface area (Å²) in [6.07, 6.45) is 8.56. The first-order valence-electron chi connectivity index (χ1n) is 7.99. The summed E-state index contributed by atoms with van der Waals surface area (Å²) in [6, 6.07) is 9.97. The summed E-state index contributed by atoms with van der Waals surface area (Å²) < 4.78 is 0. The van der Waals surface area contributed by atoms with Crippen LogP contribution in [0, 0.1) is 12.8 Å². The Balaban J connectivity index is 1.92. The number of rotatable bonds is 4. The van der Waals surface area contributed by atoms with Gasteiger partial charge in [-0.05, 0) is 45.1 Å². The zero-order valence-electron chi connectivity index (χ0n) is 12.8. The predicted octanol–water partition coefficient (Wildman–Crippen LogP) is 5.00. The number of hydrogen-bond acceptors (Lipinski definition) is 1. The van der Waals surface area contributed by atoms with Crippen molar-refractivity contribution in [3.05, 3.63) is 35.4 Å². The molecule has 0 amide bonds. The van der Waals surface area contributed by atoms with Gasteiger partial charge in [0.25, 0.3) is 0 Å². The Morgan fingerprint density at radius 2 is 1.74 bits per heavy atom. The summed E-state index contributed by atoms with van der Waals surface area (Å²) in [6.45, 7) is 6.84. The van der Waals surface area contributed by atoms with Crippen LogP contribution in [0.2, 0.25) is 0 Å². The molecule has 1 aromatic rings. The molecule has 1 unspecified atom stereocenters. The Bertz CT molecular complexity index is 377. The van der Waals surface area contributed by atoms with Crippen molar-refractivity contribution in [1.82, 2.24) is 5.32 Å². The molecule has 1 heteroatoms. The van der Waals surface area contributed by atoms with E-state index < -0.39 is 0 Å². The van der Waals surface area contributed by atoms with E-state index in [1.165, 1.54) is 49.7 Å². The second-order valence-electron chi connectivity index (χ2n) is 6.34. The van der Waals surface area contributed by atoms with Gasteiger partial charge in [0.15, 0.2) is 0 Å². The van der Waals surface area contributed by atoms with E-state index in [1.54, 1.807) is 0 Å². The van der Waals surface area contributed by atoms with Gasteiger partial charge in [-0.3, -0.25) is 0 Å². The second kappa shape index (κ2) is 7.09. The Hall–Kier alpha value is -0.820. The fourth-order valence-electron chi connectivity index (χ4n) is 3.38. The fraction of sp³-hybridized carbons (Fsp3) is 0.667. The van der Waals surface area contributed by atoms with Crippen molar-refractivity contribution < 1.29 is 0 Å². The summed E-state index contributed by atoms with van der Waals surface area (Å²) >= 11 is 0. The van der Waals surface area contributed by atoms with E-state index in [1.807, 2.05) is 0 Å². The van der Waals surface area contributed by atoms with Gasteiger partial charge in [0, 0.05) is 12.1 Å². The van der Waals surface area contributed by atoms with E-state index in [-0.39, 0.29) is 0 Å². The lowest BCUT2D eigenvalue weighted by Crippen LogP contribution is -2.35. The fourth-order valence-corrected chi connectivity index (χ4v) is 3.38. The maximum atomic E-state index is 3.82. The minimum absolute atomic E-state index is 0.457. The van der Waals surface area contributed by atoms with Crippen molar-refractivity contribution in [2.24, 2.45) is 5.92 Å². The zero-order valence-corrected chi connectivity index (χ0v) is 12.8. The molecular formula is C18H29N. The van der Waals surface area contributed by atoms with Crippen LogP contribution in [0.4, 0.5) is 0 Å². The normalized spacial score (nSPS) is 20.8. The summed E-state index contributed by atoms with van der Waals surface area (Å²) in [5, 5.41) is 3.82. The van der Waals surface area contributed by atoms with Crippen LogP contribution < -0.4 is 5.32 Å². The standard InChI is InChI=1S/C18H29N/c1-14-9-8-12-18(13-14)16(3)19-15(2)17-10-6-4-5-7-11-17/h8-9,12-13,15-17,19H,4-7,10-11H2,1-3H3/t15-,16?/m1/s1. The lowest BCUT2D eigenvalue weighted by molar-refractivity contribution is 0.316. The number of benzene rings is 1. The van der Waals surface area contributed by atoms with E-state index in [0.29, 0.717) is 12.1 Å². The van der Waals surface area contributed by atoms with Gasteiger partial charge in [-0.15, -0.1) is 0 Å². The Labute approximate surface area is 118 Å². The van der Waals surface area contributed by atoms with Gasteiger partial charge < -0.3 is 5.32 Å². The van der Waals surface area contributed by atoms with Gasteiger partial charge in [0.1, 0.15) is 0 Å². The smallest absolute Gasteiger partial charge is 0.0294 e. The SMILES string of the molecule is Cc1cccc(C(C)N[C@H](C)C2CCCCCC2)c1. The van der Waals surface area contributed by atoms with Gasteiger partial charge in [0.05, 0.1) is 0 Å². The van der Waals surface area contributed by atoms with Crippen LogP contribution in [-0.4, -0.2) is 6.04 Å². The van der Waals surface area contributed by atoms with E-state index in [4.69, 9.17) is 0 Å². The molecule has 0 aliphatic heterocycles. The summed E-state index contributed by atoms with van der Waals surface area (Å²) in [7, 11) is 0. The van der Waals surface area contributed by atoms with E-state index in [9.17, 15) is 0 Å². The Morgan fingerprint density at radius 3 is 2.37 bits per heavy atom. The molecule has 0 bridgehead atoms. The van der Waals surface area contributed by atoms with Crippen molar-refractivity contribution >= 4 is 0 Å². The molecule has 1 aromatic carbocycles. The molecule has 0 heterocycles. The van der Waals surface area contributed by atoms with Crippen molar-refractivity contribution in [2.75, 3.05) is 0 Å². The lowest BCUT2D eigenvalue weighted by atomic mass is 9.92. The molecule has 19 heavy (non-hydrogen) atoms. The van der Waals surface area contributed by atoms with Crippen LogP contribution in [0.15, 0.2) is 24.3 Å². The van der Waals surface area contributed by atoms with E-state index in [0.717, 1.165) is 5.92 Å². The number of aryl methyl sites for hydroxylation is 1. The number of hydrogen-bond donors (Lipinski definition) is 1. The molecule has 2 rings (SSSR count). The van der Waals surface area contributed by atoms with Crippen LogP contribution in [0.1, 0.15) is 69.5 Å². The third kappa shape index (κ3) is 4.35. The first kappa shape index (κ1) is 14.6. The second-order valence-corrected chi connectivity index (χ2v) is 6.34. The average molecular weight is 259 g/mol. The molecule has 1 aliphatic carbocycles. The van der Waals surface area contributed by atoms with Crippen molar-refractivity contribution in [3.63, 3.8) is 0 Å². The molecule has 1 N–H and O–H groups in total. The van der Waals surface area contributed by atoms with Gasteiger partial charge in [-0.2, -0.15) is 0 Å². The van der Waals surface area contributed by atoms with Crippen molar-refractivity contribution in [1.29, 1.82) is 0 Å². The molecule has 0 spiro atoms. The van der Waals surface area contributed by atoms with Crippen molar-refractivity contribution in [2.45, 2.75) is 71.4 Å². The molecule has 1 aliphatic rings. The molecule has 2 atom stereocenters. The minimum Gasteiger partial charge on any atom is -0.307 e. The highest BCUT2D eigenvalue weighted by Gasteiger charge is 2.20. The summed E-state index contributed by atoms with van der Waals surface area (Å²) in [5.74, 6) is 0.870. The van der Waals surface area contributed by atoms with Crippen LogP contribution >= 0.6 is 0 Å². The molecule has 0 saturated heterocycles. The molecule has 0 radical (unpaired) electrons. The third-order valence-corrected chi connectivity index (χ3v) is 4.66. The lowest BCUT2D eigenvalue weighted by Gasteiger charge is -2.27. The van der Waals surface area contributed by atoms with Gasteiger partial charge in [0.2, 0.25) is 0 Å². The Kier molecular flexibility index (Phi) is 5.45. The summed E-state index contributed by atoms with van der Waals surface area (Å²) in [4.78, 5) is 0. The quantitative estimate of drug-likeness (QED) is 0.750. The molecule has 106 valence electrons. The molecule has 0 aromatic heterocycles. The molecule has 1 fully saturated rings. The highest BCUT2D eigenvalue weighted by Crippen LogP contribution is 2.27. The third-order valence-electron chi connectivity index (χ3n) is 4.66. The topological polar surface area (TPSA) is 12.0 Å². The minimum atomic E-state index is 0.457. The first-order chi connectivity index (χ1) is 9.16. The number of nitrogens with one attached hydrogen (secondary N) is 1. The molecule has 1 saturated carbocycles. The maximum Gasteiger partial charge on any atom is 0.0294 e. The average Bonchev–Trinajstić information content (AvgIpc) is 2.67. The molecular weight excluding hydrogens is 230 g/mol. The van der Waals surface area contributed by atoms with Gasteiger partial charge in [-0.1, -0.05) is 55.5 Å². The van der Waals surface area contributed by atoms with Gasteiger partial charge >= 0.3 is 0 Å².